The number of rotatable bonds is 5. The zero-order chi connectivity index (χ0) is 9.78. The molecule has 0 radical (unpaired) electrons. The van der Waals surface area contributed by atoms with Gasteiger partial charge in [-0.1, -0.05) is 32.1 Å². The monoisotopic (exact) mass is 167 g/mol. The Hall–Kier alpha value is -0.560. The fourth-order valence-corrected chi connectivity index (χ4v) is 1.74. The highest BCUT2D eigenvalue weighted by Crippen LogP contribution is 2.37. The Kier molecular flexibility index (Phi) is 4.25. The normalized spacial score (nSPS) is 18.0. The van der Waals surface area contributed by atoms with Crippen molar-refractivity contribution in [3.63, 3.8) is 0 Å². The summed E-state index contributed by atoms with van der Waals surface area (Å²) in [5.74, 6) is 0.407. The molecule has 1 heteroatoms. The quantitative estimate of drug-likeness (QED) is 0.626. The average molecular weight is 167 g/mol. The fraction of sp³-hybridized carbons (Fsp3) is 0.636. The summed E-state index contributed by atoms with van der Waals surface area (Å²) in [6.07, 6.45) is 3.00. The summed E-state index contributed by atoms with van der Waals surface area (Å²) in [7, 11) is 0. The highest BCUT2D eigenvalue weighted by atomic mass is 14.6. The Bertz CT molecular complexity index is 166. The van der Waals surface area contributed by atoms with Crippen molar-refractivity contribution >= 4 is 0 Å². The lowest BCUT2D eigenvalue weighted by Crippen LogP contribution is -2.36. The summed E-state index contributed by atoms with van der Waals surface area (Å²) in [4.78, 5) is 0. The smallest absolute Gasteiger partial charge is 0.00863 e. The van der Waals surface area contributed by atoms with Gasteiger partial charge in [-0.25, -0.2) is 0 Å². The van der Waals surface area contributed by atoms with Crippen LogP contribution in [0.1, 0.15) is 27.2 Å². The molecule has 0 aliphatic heterocycles. The molecule has 0 bridgehead atoms. The second-order valence-corrected chi connectivity index (χ2v) is 3.52. The zero-order valence-electron chi connectivity index (χ0n) is 8.56. The van der Waals surface area contributed by atoms with Gasteiger partial charge in [-0.2, -0.15) is 0 Å². The van der Waals surface area contributed by atoms with Crippen molar-refractivity contribution in [1.29, 1.82) is 0 Å². The lowest BCUT2D eigenvalue weighted by Gasteiger charge is -2.36. The molecule has 1 nitrogen and oxygen atoms in total. The van der Waals surface area contributed by atoms with Gasteiger partial charge in [0.25, 0.3) is 0 Å². The van der Waals surface area contributed by atoms with Crippen LogP contribution in [0.4, 0.5) is 0 Å². The summed E-state index contributed by atoms with van der Waals surface area (Å²) in [5, 5.41) is 0. The Morgan fingerprint density at radius 3 is 2.25 bits per heavy atom. The van der Waals surface area contributed by atoms with Crippen LogP contribution in [0.15, 0.2) is 24.8 Å². The van der Waals surface area contributed by atoms with Gasteiger partial charge >= 0.3 is 0 Å². The molecule has 0 amide bonds. The van der Waals surface area contributed by atoms with E-state index in [0.29, 0.717) is 12.5 Å². The average Bonchev–Trinajstić information content (AvgIpc) is 2.06. The molecule has 12 heavy (non-hydrogen) atoms. The molecule has 2 atom stereocenters. The Labute approximate surface area is 76.3 Å². The maximum Gasteiger partial charge on any atom is 0.00863 e. The molecule has 2 unspecified atom stereocenters. The van der Waals surface area contributed by atoms with Crippen LogP contribution in [0.2, 0.25) is 0 Å². The largest absolute Gasteiger partial charge is 0.330 e. The number of allylic oxidation sites excluding steroid dienone is 1. The van der Waals surface area contributed by atoms with Crippen LogP contribution < -0.4 is 5.73 Å². The first-order chi connectivity index (χ1) is 5.55. The third-order valence-corrected chi connectivity index (χ3v) is 3.07. The Morgan fingerprint density at radius 2 is 2.17 bits per heavy atom. The Morgan fingerprint density at radius 1 is 1.67 bits per heavy atom. The van der Waals surface area contributed by atoms with Crippen molar-refractivity contribution in [2.75, 3.05) is 6.54 Å². The predicted octanol–water partition coefficient (Wildman–Crippen LogP) is 2.74. The number of hydrogen-bond acceptors (Lipinski definition) is 1. The SMILES string of the molecule is C=CC(C)C(CC)(CN)C(=C)C. The van der Waals surface area contributed by atoms with Gasteiger partial charge in [-0.05, 0) is 19.3 Å². The van der Waals surface area contributed by atoms with Crippen LogP contribution in [0.3, 0.4) is 0 Å². The first kappa shape index (κ1) is 11.4. The molecule has 70 valence electrons. The van der Waals surface area contributed by atoms with Crippen LogP contribution >= 0.6 is 0 Å². The molecule has 0 aromatic carbocycles. The van der Waals surface area contributed by atoms with Crippen molar-refractivity contribution in [1.82, 2.24) is 0 Å². The van der Waals surface area contributed by atoms with Crippen molar-refractivity contribution in [2.24, 2.45) is 17.1 Å². The van der Waals surface area contributed by atoms with E-state index >= 15 is 0 Å². The van der Waals surface area contributed by atoms with E-state index in [1.807, 2.05) is 6.08 Å². The third-order valence-electron chi connectivity index (χ3n) is 3.07. The molecule has 0 aliphatic rings. The van der Waals surface area contributed by atoms with E-state index < -0.39 is 0 Å². The van der Waals surface area contributed by atoms with Gasteiger partial charge in [0.05, 0.1) is 0 Å². The van der Waals surface area contributed by atoms with Crippen LogP contribution in [-0.2, 0) is 0 Å². The van der Waals surface area contributed by atoms with E-state index in [0.717, 1.165) is 6.42 Å². The predicted molar refractivity (Wildman–Crippen MR) is 56.0 cm³/mol. The van der Waals surface area contributed by atoms with Crippen LogP contribution in [0.5, 0.6) is 0 Å². The second-order valence-electron chi connectivity index (χ2n) is 3.52. The first-order valence-electron chi connectivity index (χ1n) is 4.53. The zero-order valence-corrected chi connectivity index (χ0v) is 8.56. The number of hydrogen-bond donors (Lipinski definition) is 1. The minimum Gasteiger partial charge on any atom is -0.330 e. The van der Waals surface area contributed by atoms with Crippen LogP contribution in [0.25, 0.3) is 0 Å². The lowest BCUT2D eigenvalue weighted by molar-refractivity contribution is 0.272. The second kappa shape index (κ2) is 4.46. The molecule has 0 saturated carbocycles. The summed E-state index contributed by atoms with van der Waals surface area (Å²) in [5.41, 5.74) is 7.01. The topological polar surface area (TPSA) is 26.0 Å². The summed E-state index contributed by atoms with van der Waals surface area (Å²) >= 11 is 0. The summed E-state index contributed by atoms with van der Waals surface area (Å²) in [6, 6.07) is 0. The minimum atomic E-state index is 0.0573. The lowest BCUT2D eigenvalue weighted by atomic mass is 9.69. The van der Waals surface area contributed by atoms with Crippen LogP contribution in [0, 0.1) is 11.3 Å². The standard InChI is InChI=1S/C11H21N/c1-6-10(5)11(7-2,8-12)9(3)4/h6,10H,1,3,7-8,12H2,2,4-5H3. The molecule has 2 N–H and O–H groups in total. The molecule has 0 rings (SSSR count). The van der Waals surface area contributed by atoms with Gasteiger partial charge in [0.1, 0.15) is 0 Å². The van der Waals surface area contributed by atoms with Crippen molar-refractivity contribution in [3.8, 4) is 0 Å². The van der Waals surface area contributed by atoms with E-state index in [-0.39, 0.29) is 5.41 Å². The molecule has 0 aromatic rings. The Balaban J connectivity index is 4.80. The first-order valence-corrected chi connectivity index (χ1v) is 4.53. The van der Waals surface area contributed by atoms with Gasteiger partial charge in [-0.3, -0.25) is 0 Å². The van der Waals surface area contributed by atoms with Crippen LogP contribution in [-0.4, -0.2) is 6.54 Å². The van der Waals surface area contributed by atoms with Crippen molar-refractivity contribution < 1.29 is 0 Å². The number of nitrogens with two attached hydrogens (primary N) is 1. The fourth-order valence-electron chi connectivity index (χ4n) is 1.74. The van der Waals surface area contributed by atoms with E-state index in [1.54, 1.807) is 0 Å². The van der Waals surface area contributed by atoms with E-state index in [9.17, 15) is 0 Å². The molecule has 0 aromatic heterocycles. The molecule has 0 heterocycles. The maximum atomic E-state index is 5.79. The van der Waals surface area contributed by atoms with Gasteiger partial charge < -0.3 is 5.73 Å². The van der Waals surface area contributed by atoms with Gasteiger partial charge in [0.15, 0.2) is 0 Å². The molecular weight excluding hydrogens is 146 g/mol. The molecule has 0 aliphatic carbocycles. The third kappa shape index (κ3) is 1.78. The van der Waals surface area contributed by atoms with E-state index in [4.69, 9.17) is 5.73 Å². The van der Waals surface area contributed by atoms with E-state index in [2.05, 4.69) is 33.9 Å². The summed E-state index contributed by atoms with van der Waals surface area (Å²) < 4.78 is 0. The molecule has 0 fully saturated rings. The summed E-state index contributed by atoms with van der Waals surface area (Å²) in [6.45, 7) is 14.8. The van der Waals surface area contributed by atoms with Crippen molar-refractivity contribution in [2.45, 2.75) is 27.2 Å². The van der Waals surface area contributed by atoms with E-state index in [1.165, 1.54) is 5.57 Å². The van der Waals surface area contributed by atoms with Gasteiger partial charge in [-0.15, -0.1) is 6.58 Å². The molecule has 0 spiro atoms. The van der Waals surface area contributed by atoms with Gasteiger partial charge in [0.2, 0.25) is 0 Å². The van der Waals surface area contributed by atoms with Crippen molar-refractivity contribution in [3.05, 3.63) is 24.8 Å². The minimum absolute atomic E-state index is 0.0573. The highest BCUT2D eigenvalue weighted by Gasteiger charge is 2.31. The maximum absolute atomic E-state index is 5.79. The molecule has 0 saturated heterocycles. The highest BCUT2D eigenvalue weighted by molar-refractivity contribution is 5.13. The van der Waals surface area contributed by atoms with Gasteiger partial charge in [0, 0.05) is 12.0 Å². The molecular formula is C11H21N.